The predicted molar refractivity (Wildman–Crippen MR) is 81.7 cm³/mol. The lowest BCUT2D eigenvalue weighted by molar-refractivity contribution is 0.540. The summed E-state index contributed by atoms with van der Waals surface area (Å²) in [5.41, 5.74) is 10.9. The van der Waals surface area contributed by atoms with Gasteiger partial charge in [-0.05, 0) is 47.2 Å². The minimum Gasteiger partial charge on any atom is -0.329 e. The van der Waals surface area contributed by atoms with Crippen LogP contribution in [0.4, 0.5) is 4.39 Å². The first-order chi connectivity index (χ1) is 10.3. The molecule has 0 spiro atoms. The molecule has 3 heteroatoms. The molecule has 0 amide bonds. The number of fused-ring (bicyclic) bond motifs is 5. The monoisotopic (exact) mass is 282 g/mol. The predicted octanol–water partition coefficient (Wildman–Crippen LogP) is 2.88. The Hall–Kier alpha value is -1.71. The number of nitrogens with one attached hydrogen (secondary N) is 1. The van der Waals surface area contributed by atoms with Crippen molar-refractivity contribution in [3.05, 3.63) is 70.5 Å². The molecule has 2 nitrogen and oxygen atoms in total. The summed E-state index contributed by atoms with van der Waals surface area (Å²) < 4.78 is 13.7. The minimum absolute atomic E-state index is 0.156. The summed E-state index contributed by atoms with van der Waals surface area (Å²) in [6, 6.07) is 14.3. The van der Waals surface area contributed by atoms with Gasteiger partial charge in [-0.3, -0.25) is 0 Å². The summed E-state index contributed by atoms with van der Waals surface area (Å²) in [6.45, 7) is 0.625. The molecule has 0 aromatic heterocycles. The Kier molecular flexibility index (Phi) is 3.05. The fourth-order valence-corrected chi connectivity index (χ4v) is 3.94. The van der Waals surface area contributed by atoms with Gasteiger partial charge in [-0.15, -0.1) is 0 Å². The first-order valence-electron chi connectivity index (χ1n) is 7.58. The molecule has 2 aromatic carbocycles. The molecular weight excluding hydrogens is 263 g/mol. The molecule has 4 rings (SSSR count). The van der Waals surface area contributed by atoms with E-state index < -0.39 is 0 Å². The van der Waals surface area contributed by atoms with Crippen LogP contribution in [0.2, 0.25) is 0 Å². The molecule has 2 aromatic rings. The second kappa shape index (κ2) is 4.93. The zero-order chi connectivity index (χ0) is 14.4. The van der Waals surface area contributed by atoms with E-state index in [1.165, 1.54) is 16.7 Å². The number of rotatable bonds is 1. The molecule has 0 bridgehead atoms. The zero-order valence-corrected chi connectivity index (χ0v) is 11.9. The average Bonchev–Trinajstić information content (AvgIpc) is 2.89. The number of benzene rings is 2. The fraction of sp³-hybridized carbons (Fsp3) is 0.333. The minimum atomic E-state index is -0.156. The Morgan fingerprint density at radius 1 is 1.10 bits per heavy atom. The Morgan fingerprint density at radius 2 is 1.90 bits per heavy atom. The van der Waals surface area contributed by atoms with E-state index in [-0.39, 0.29) is 11.9 Å². The maximum absolute atomic E-state index is 13.7. The highest BCUT2D eigenvalue weighted by molar-refractivity contribution is 5.46. The summed E-state index contributed by atoms with van der Waals surface area (Å²) in [5, 5.41) is 3.62. The lowest BCUT2D eigenvalue weighted by Gasteiger charge is -2.20. The number of nitrogens with two attached hydrogens (primary N) is 1. The van der Waals surface area contributed by atoms with Gasteiger partial charge in [0, 0.05) is 24.5 Å². The van der Waals surface area contributed by atoms with Crippen molar-refractivity contribution in [3.63, 3.8) is 0 Å². The fourth-order valence-electron chi connectivity index (χ4n) is 3.94. The van der Waals surface area contributed by atoms with E-state index in [0.717, 1.165) is 18.4 Å². The van der Waals surface area contributed by atoms with E-state index in [0.29, 0.717) is 18.5 Å². The van der Waals surface area contributed by atoms with Crippen LogP contribution < -0.4 is 11.1 Å². The van der Waals surface area contributed by atoms with E-state index in [1.807, 2.05) is 6.07 Å². The first kappa shape index (κ1) is 13.0. The van der Waals surface area contributed by atoms with E-state index in [1.54, 1.807) is 12.1 Å². The van der Waals surface area contributed by atoms with Gasteiger partial charge in [0.1, 0.15) is 5.82 Å². The van der Waals surface area contributed by atoms with Gasteiger partial charge in [-0.2, -0.15) is 0 Å². The lowest BCUT2D eigenvalue weighted by atomic mass is 9.87. The van der Waals surface area contributed by atoms with Crippen molar-refractivity contribution < 1.29 is 4.39 Å². The molecule has 1 fully saturated rings. The molecule has 108 valence electrons. The van der Waals surface area contributed by atoms with Crippen LogP contribution in [0, 0.1) is 5.82 Å². The second-order valence-electron chi connectivity index (χ2n) is 6.14. The van der Waals surface area contributed by atoms with Crippen molar-refractivity contribution in [2.75, 3.05) is 6.54 Å². The SMILES string of the molecule is NC[C@@H]1C[C@@H]2c3ccccc3Cc3ccc(F)cc3[C@H]2N1. The van der Waals surface area contributed by atoms with E-state index >= 15 is 0 Å². The van der Waals surface area contributed by atoms with Gasteiger partial charge in [-0.1, -0.05) is 30.3 Å². The Balaban J connectivity index is 1.90. The number of hydrogen-bond acceptors (Lipinski definition) is 2. The smallest absolute Gasteiger partial charge is 0.123 e. The van der Waals surface area contributed by atoms with Gasteiger partial charge in [-0.25, -0.2) is 4.39 Å². The van der Waals surface area contributed by atoms with Gasteiger partial charge in [0.05, 0.1) is 0 Å². The molecule has 1 aliphatic heterocycles. The van der Waals surface area contributed by atoms with Gasteiger partial charge in [0.2, 0.25) is 0 Å². The van der Waals surface area contributed by atoms with Gasteiger partial charge < -0.3 is 11.1 Å². The summed E-state index contributed by atoms with van der Waals surface area (Å²) in [7, 11) is 0. The van der Waals surface area contributed by atoms with Crippen LogP contribution in [0.5, 0.6) is 0 Å². The van der Waals surface area contributed by atoms with Crippen LogP contribution in [0.15, 0.2) is 42.5 Å². The Morgan fingerprint density at radius 3 is 2.76 bits per heavy atom. The lowest BCUT2D eigenvalue weighted by Crippen LogP contribution is -2.31. The number of hydrogen-bond donors (Lipinski definition) is 2. The molecule has 0 radical (unpaired) electrons. The summed E-state index contributed by atoms with van der Waals surface area (Å²) in [4.78, 5) is 0. The van der Waals surface area contributed by atoms with Crippen LogP contribution in [0.1, 0.15) is 40.6 Å². The second-order valence-corrected chi connectivity index (χ2v) is 6.14. The van der Waals surface area contributed by atoms with Crippen LogP contribution >= 0.6 is 0 Å². The summed E-state index contributed by atoms with van der Waals surface area (Å²) in [5.74, 6) is 0.231. The highest BCUT2D eigenvalue weighted by atomic mass is 19.1. The Bertz CT molecular complexity index is 683. The van der Waals surface area contributed by atoms with E-state index in [2.05, 4.69) is 29.6 Å². The third-order valence-electron chi connectivity index (χ3n) is 4.92. The third-order valence-corrected chi connectivity index (χ3v) is 4.92. The molecule has 2 aliphatic rings. The molecule has 3 atom stereocenters. The molecule has 1 aliphatic carbocycles. The topological polar surface area (TPSA) is 38.0 Å². The first-order valence-corrected chi connectivity index (χ1v) is 7.58. The van der Waals surface area contributed by atoms with Crippen molar-refractivity contribution in [2.24, 2.45) is 5.73 Å². The van der Waals surface area contributed by atoms with Crippen molar-refractivity contribution in [3.8, 4) is 0 Å². The maximum atomic E-state index is 13.7. The molecule has 3 N–H and O–H groups in total. The zero-order valence-electron chi connectivity index (χ0n) is 11.9. The normalized spacial score (nSPS) is 26.7. The van der Waals surface area contributed by atoms with Crippen LogP contribution in [-0.4, -0.2) is 12.6 Å². The quantitative estimate of drug-likeness (QED) is 0.844. The van der Waals surface area contributed by atoms with Crippen LogP contribution in [0.25, 0.3) is 0 Å². The van der Waals surface area contributed by atoms with Crippen LogP contribution in [0.3, 0.4) is 0 Å². The highest BCUT2D eigenvalue weighted by Gasteiger charge is 2.38. The van der Waals surface area contributed by atoms with Gasteiger partial charge in [0.25, 0.3) is 0 Å². The molecule has 0 unspecified atom stereocenters. The molecule has 1 saturated heterocycles. The largest absolute Gasteiger partial charge is 0.329 e. The molecular formula is C18H19FN2. The van der Waals surface area contributed by atoms with Crippen molar-refractivity contribution >= 4 is 0 Å². The Labute approximate surface area is 124 Å². The maximum Gasteiger partial charge on any atom is 0.123 e. The summed E-state index contributed by atoms with van der Waals surface area (Å²) >= 11 is 0. The van der Waals surface area contributed by atoms with E-state index in [9.17, 15) is 4.39 Å². The average molecular weight is 282 g/mol. The summed E-state index contributed by atoms with van der Waals surface area (Å²) in [6.07, 6.45) is 1.90. The standard InChI is InChI=1S/C18H19FN2/c19-13-6-5-12-7-11-3-1-2-4-15(11)17-9-14(10-20)21-18(17)16(12)8-13/h1-6,8,14,17-18,21H,7,9-10,20H2/t14-,17+,18+/m0/s1. The van der Waals surface area contributed by atoms with E-state index in [4.69, 9.17) is 5.73 Å². The van der Waals surface area contributed by atoms with Crippen molar-refractivity contribution in [1.29, 1.82) is 0 Å². The number of halogens is 1. The molecule has 1 heterocycles. The van der Waals surface area contributed by atoms with Crippen molar-refractivity contribution in [2.45, 2.75) is 30.8 Å². The highest BCUT2D eigenvalue weighted by Crippen LogP contribution is 2.45. The van der Waals surface area contributed by atoms with Crippen molar-refractivity contribution in [1.82, 2.24) is 5.32 Å². The van der Waals surface area contributed by atoms with Crippen LogP contribution in [-0.2, 0) is 6.42 Å². The van der Waals surface area contributed by atoms with Gasteiger partial charge in [0.15, 0.2) is 0 Å². The molecule has 0 saturated carbocycles. The third kappa shape index (κ3) is 2.08. The molecule has 21 heavy (non-hydrogen) atoms. The van der Waals surface area contributed by atoms with Gasteiger partial charge >= 0.3 is 0 Å².